The first-order chi connectivity index (χ1) is 4.43. The Morgan fingerprint density at radius 3 is 2.30 bits per heavy atom. The summed E-state index contributed by atoms with van der Waals surface area (Å²) < 4.78 is 0. The lowest BCUT2D eigenvalue weighted by Gasteiger charge is -1.83. The highest BCUT2D eigenvalue weighted by Gasteiger charge is 1.79. The van der Waals surface area contributed by atoms with Crippen LogP contribution in [0, 0.1) is 0 Å². The van der Waals surface area contributed by atoms with Crippen LogP contribution < -0.4 is 0 Å². The third-order valence-electron chi connectivity index (χ3n) is 0.931. The van der Waals surface area contributed by atoms with E-state index in [9.17, 15) is 4.79 Å². The molecule has 52 valence electrons. The SMILES string of the molecule is F.O=C=Nc1ccccc1. The van der Waals surface area contributed by atoms with E-state index >= 15 is 0 Å². The number of benzene rings is 1. The van der Waals surface area contributed by atoms with Crippen molar-refractivity contribution in [2.75, 3.05) is 0 Å². The molecule has 0 saturated carbocycles. The number of halogens is 1. The number of rotatable bonds is 1. The summed E-state index contributed by atoms with van der Waals surface area (Å²) in [5.74, 6) is 0. The van der Waals surface area contributed by atoms with Gasteiger partial charge in [-0.25, -0.2) is 4.79 Å². The van der Waals surface area contributed by atoms with Crippen molar-refractivity contribution in [2.45, 2.75) is 0 Å². The zero-order valence-electron chi connectivity index (χ0n) is 5.15. The van der Waals surface area contributed by atoms with Crippen LogP contribution in [0.25, 0.3) is 0 Å². The quantitative estimate of drug-likeness (QED) is 0.431. The summed E-state index contributed by atoms with van der Waals surface area (Å²) in [5, 5.41) is 0. The largest absolute Gasteiger partial charge is 0.269 e. The molecule has 3 heteroatoms. The summed E-state index contributed by atoms with van der Waals surface area (Å²) in [4.78, 5) is 13.1. The second-order valence-electron chi connectivity index (χ2n) is 1.54. The van der Waals surface area contributed by atoms with Crippen molar-refractivity contribution < 1.29 is 9.50 Å². The van der Waals surface area contributed by atoms with Gasteiger partial charge in [-0.05, 0) is 12.1 Å². The maximum absolute atomic E-state index is 9.68. The van der Waals surface area contributed by atoms with Gasteiger partial charge in [-0.15, -0.1) is 0 Å². The van der Waals surface area contributed by atoms with Gasteiger partial charge in [0.25, 0.3) is 0 Å². The van der Waals surface area contributed by atoms with Crippen molar-refractivity contribution in [3.63, 3.8) is 0 Å². The molecular formula is C7H6FNO. The zero-order chi connectivity index (χ0) is 6.53. The first-order valence-corrected chi connectivity index (χ1v) is 2.56. The van der Waals surface area contributed by atoms with Crippen molar-refractivity contribution in [3.05, 3.63) is 30.3 Å². The minimum Gasteiger partial charge on any atom is -0.269 e. The monoisotopic (exact) mass is 139 g/mol. The van der Waals surface area contributed by atoms with E-state index in [-0.39, 0.29) is 4.70 Å². The molecule has 0 unspecified atom stereocenters. The average molecular weight is 139 g/mol. The maximum Gasteiger partial charge on any atom is 0.240 e. The number of carbonyl (C=O) groups excluding carboxylic acids is 1. The Balaban J connectivity index is 0.000000810. The Hall–Kier alpha value is -1.47. The predicted octanol–water partition coefficient (Wildman–Crippen LogP) is 1.81. The summed E-state index contributed by atoms with van der Waals surface area (Å²) in [6, 6.07) is 8.98. The van der Waals surface area contributed by atoms with Crippen molar-refractivity contribution in [1.29, 1.82) is 0 Å². The molecule has 0 spiro atoms. The van der Waals surface area contributed by atoms with Crippen LogP contribution in [0.15, 0.2) is 35.3 Å². The van der Waals surface area contributed by atoms with Crippen LogP contribution in [-0.4, -0.2) is 6.08 Å². The fourth-order valence-electron chi connectivity index (χ4n) is 0.555. The summed E-state index contributed by atoms with van der Waals surface area (Å²) >= 11 is 0. The molecule has 10 heavy (non-hydrogen) atoms. The number of aliphatic imine (C=N–C) groups is 1. The normalized spacial score (nSPS) is 7.20. The smallest absolute Gasteiger partial charge is 0.240 e. The van der Waals surface area contributed by atoms with Crippen LogP contribution in [0.4, 0.5) is 10.4 Å². The summed E-state index contributed by atoms with van der Waals surface area (Å²) in [5.41, 5.74) is 0.646. The van der Waals surface area contributed by atoms with Crippen LogP contribution in [0.1, 0.15) is 0 Å². The van der Waals surface area contributed by atoms with Gasteiger partial charge in [0, 0.05) is 0 Å². The van der Waals surface area contributed by atoms with E-state index in [0.717, 1.165) is 0 Å². The number of hydrogen-bond acceptors (Lipinski definition) is 2. The summed E-state index contributed by atoms with van der Waals surface area (Å²) in [7, 11) is 0. The van der Waals surface area contributed by atoms with E-state index in [1.165, 1.54) is 6.08 Å². The number of hydrogen-bond donors (Lipinski definition) is 0. The molecule has 0 atom stereocenters. The van der Waals surface area contributed by atoms with Crippen LogP contribution >= 0.6 is 0 Å². The lowest BCUT2D eigenvalue weighted by Crippen LogP contribution is -1.59. The van der Waals surface area contributed by atoms with E-state index in [4.69, 9.17) is 0 Å². The van der Waals surface area contributed by atoms with Crippen LogP contribution in [0.3, 0.4) is 0 Å². The molecule has 0 aliphatic rings. The lowest BCUT2D eigenvalue weighted by molar-refractivity contribution is 0.565. The van der Waals surface area contributed by atoms with Gasteiger partial charge in [-0.2, -0.15) is 4.99 Å². The molecule has 0 aliphatic heterocycles. The third-order valence-corrected chi connectivity index (χ3v) is 0.931. The van der Waals surface area contributed by atoms with Crippen LogP contribution in [0.2, 0.25) is 0 Å². The first kappa shape index (κ1) is 8.53. The van der Waals surface area contributed by atoms with Crippen molar-refractivity contribution in [3.8, 4) is 0 Å². The Morgan fingerprint density at radius 2 is 1.80 bits per heavy atom. The van der Waals surface area contributed by atoms with Gasteiger partial charge in [0.15, 0.2) is 0 Å². The van der Waals surface area contributed by atoms with E-state index < -0.39 is 0 Å². The minimum absolute atomic E-state index is 0. The third kappa shape index (κ3) is 2.20. The Kier molecular flexibility index (Phi) is 3.76. The van der Waals surface area contributed by atoms with Gasteiger partial charge in [-0.1, -0.05) is 18.2 Å². The van der Waals surface area contributed by atoms with E-state index in [1.807, 2.05) is 18.2 Å². The summed E-state index contributed by atoms with van der Waals surface area (Å²) in [6.45, 7) is 0. The fourth-order valence-corrected chi connectivity index (χ4v) is 0.555. The molecule has 1 rings (SSSR count). The molecule has 1 aromatic rings. The predicted molar refractivity (Wildman–Crippen MR) is 36.7 cm³/mol. The van der Waals surface area contributed by atoms with Gasteiger partial charge in [-0.3, -0.25) is 4.70 Å². The number of nitrogens with zero attached hydrogens (tertiary/aromatic N) is 1. The van der Waals surface area contributed by atoms with E-state index in [1.54, 1.807) is 12.1 Å². The second-order valence-corrected chi connectivity index (χ2v) is 1.54. The van der Waals surface area contributed by atoms with Gasteiger partial charge in [0.1, 0.15) is 0 Å². The minimum atomic E-state index is 0. The molecule has 0 fully saturated rings. The Bertz CT molecular complexity index is 229. The van der Waals surface area contributed by atoms with Gasteiger partial charge >= 0.3 is 0 Å². The van der Waals surface area contributed by atoms with Crippen molar-refractivity contribution in [1.82, 2.24) is 0 Å². The van der Waals surface area contributed by atoms with E-state index in [0.29, 0.717) is 5.69 Å². The molecule has 2 nitrogen and oxygen atoms in total. The Morgan fingerprint density at radius 1 is 1.20 bits per heavy atom. The Labute approximate surface area is 57.6 Å². The van der Waals surface area contributed by atoms with Crippen LogP contribution in [0.5, 0.6) is 0 Å². The standard InChI is InChI=1S/C7H5NO.FH/c9-6-8-7-4-2-1-3-5-7;/h1-5H;1H. The second kappa shape index (κ2) is 4.41. The zero-order valence-corrected chi connectivity index (χ0v) is 5.15. The molecular weight excluding hydrogens is 133 g/mol. The highest BCUT2D eigenvalue weighted by Crippen LogP contribution is 2.06. The number of isocyanates is 1. The lowest BCUT2D eigenvalue weighted by atomic mass is 10.3. The van der Waals surface area contributed by atoms with Gasteiger partial charge < -0.3 is 0 Å². The van der Waals surface area contributed by atoms with Gasteiger partial charge in [0.2, 0.25) is 6.08 Å². The number of para-hydroxylation sites is 1. The van der Waals surface area contributed by atoms with Crippen LogP contribution in [-0.2, 0) is 4.79 Å². The topological polar surface area (TPSA) is 29.4 Å². The highest BCUT2D eigenvalue weighted by molar-refractivity contribution is 5.47. The molecule has 0 aromatic heterocycles. The van der Waals surface area contributed by atoms with Crippen molar-refractivity contribution >= 4 is 11.8 Å². The molecule has 0 N–H and O–H groups in total. The van der Waals surface area contributed by atoms with E-state index in [2.05, 4.69) is 4.99 Å². The summed E-state index contributed by atoms with van der Waals surface area (Å²) in [6.07, 6.45) is 1.46. The molecule has 0 bridgehead atoms. The fraction of sp³-hybridized carbons (Fsp3) is 0. The molecule has 0 amide bonds. The maximum atomic E-state index is 9.68. The molecule has 0 aliphatic carbocycles. The molecule has 0 heterocycles. The molecule has 1 aromatic carbocycles. The molecule has 0 radical (unpaired) electrons. The van der Waals surface area contributed by atoms with Crippen molar-refractivity contribution in [2.24, 2.45) is 4.99 Å². The highest BCUT2D eigenvalue weighted by atomic mass is 19.0. The first-order valence-electron chi connectivity index (χ1n) is 2.56. The average Bonchev–Trinajstić information content (AvgIpc) is 1.91. The molecule has 0 saturated heterocycles. The van der Waals surface area contributed by atoms with Gasteiger partial charge in [0.05, 0.1) is 5.69 Å².